The van der Waals surface area contributed by atoms with Crippen LogP contribution in [0.1, 0.15) is 44.9 Å². The molecule has 1 amide bonds. The molecule has 0 bridgehead atoms. The summed E-state index contributed by atoms with van der Waals surface area (Å²) in [6, 6.07) is 0.640. The number of nitrogens with one attached hydrogen (secondary N) is 1. The highest BCUT2D eigenvalue weighted by molar-refractivity contribution is 7.09. The van der Waals surface area contributed by atoms with Gasteiger partial charge in [0.25, 0.3) is 0 Å². The van der Waals surface area contributed by atoms with Crippen LogP contribution in [0.3, 0.4) is 0 Å². The molecule has 3 fully saturated rings. The molecule has 1 aromatic heterocycles. The number of nitrogens with zero attached hydrogens (tertiary/aromatic N) is 4. The van der Waals surface area contributed by atoms with Gasteiger partial charge in [0, 0.05) is 50.2 Å². The number of carbonyl (C=O) groups is 1. The number of fused-ring (bicyclic) bond motifs is 1. The fourth-order valence-electron chi connectivity index (χ4n) is 4.37. The van der Waals surface area contributed by atoms with Crippen molar-refractivity contribution in [3.05, 3.63) is 5.82 Å². The van der Waals surface area contributed by atoms with Gasteiger partial charge in [0.1, 0.15) is 5.82 Å². The lowest BCUT2D eigenvalue weighted by molar-refractivity contribution is -0.133. The number of rotatable bonds is 3. The monoisotopic (exact) mass is 349 g/mol. The normalized spacial score (nSPS) is 30.5. The van der Waals surface area contributed by atoms with Crippen LogP contribution in [0.2, 0.25) is 0 Å². The summed E-state index contributed by atoms with van der Waals surface area (Å²) in [5.41, 5.74) is 0. The van der Waals surface area contributed by atoms with Crippen LogP contribution in [0, 0.1) is 5.92 Å². The van der Waals surface area contributed by atoms with E-state index >= 15 is 0 Å². The first-order valence-corrected chi connectivity index (χ1v) is 10.1. The summed E-state index contributed by atoms with van der Waals surface area (Å²) in [7, 11) is 0. The molecule has 2 aliphatic heterocycles. The zero-order valence-corrected chi connectivity index (χ0v) is 15.2. The van der Waals surface area contributed by atoms with Gasteiger partial charge in [-0.1, -0.05) is 19.8 Å². The van der Waals surface area contributed by atoms with Crippen molar-refractivity contribution < 1.29 is 4.79 Å². The van der Waals surface area contributed by atoms with Crippen molar-refractivity contribution in [3.63, 3.8) is 0 Å². The third kappa shape index (κ3) is 3.16. The molecule has 1 aromatic rings. The standard InChI is InChI=1S/C17H27N5OS/c1-2-15-19-17(24-20-15)22-9-7-21(8-10-22)16(23)14-11-12-5-3-4-6-13(12)18-14/h12-14,18H,2-11H2,1H3. The highest BCUT2D eigenvalue weighted by Gasteiger charge is 2.40. The van der Waals surface area contributed by atoms with E-state index in [9.17, 15) is 4.79 Å². The van der Waals surface area contributed by atoms with E-state index < -0.39 is 0 Å². The largest absolute Gasteiger partial charge is 0.343 e. The predicted molar refractivity (Wildman–Crippen MR) is 95.4 cm³/mol. The third-order valence-electron chi connectivity index (χ3n) is 5.80. The van der Waals surface area contributed by atoms with E-state index in [1.54, 1.807) is 0 Å². The van der Waals surface area contributed by atoms with Gasteiger partial charge in [-0.05, 0) is 25.2 Å². The van der Waals surface area contributed by atoms with Crippen molar-refractivity contribution in [1.29, 1.82) is 0 Å². The molecular formula is C17H27N5OS. The molecule has 24 heavy (non-hydrogen) atoms. The number of aryl methyl sites for hydroxylation is 1. The number of aromatic nitrogens is 2. The number of carbonyl (C=O) groups excluding carboxylic acids is 1. The molecule has 0 radical (unpaired) electrons. The molecule has 2 saturated heterocycles. The zero-order chi connectivity index (χ0) is 16.5. The molecule has 4 rings (SSSR count). The van der Waals surface area contributed by atoms with Gasteiger partial charge >= 0.3 is 0 Å². The summed E-state index contributed by atoms with van der Waals surface area (Å²) in [4.78, 5) is 21.7. The first-order valence-electron chi connectivity index (χ1n) is 9.37. The maximum atomic E-state index is 12.9. The van der Waals surface area contributed by atoms with Gasteiger partial charge in [-0.2, -0.15) is 4.37 Å². The Morgan fingerprint density at radius 1 is 1.25 bits per heavy atom. The lowest BCUT2D eigenvalue weighted by Crippen LogP contribution is -2.53. The molecule has 1 N–H and O–H groups in total. The second-order valence-electron chi connectivity index (χ2n) is 7.27. The Hall–Kier alpha value is -1.21. The smallest absolute Gasteiger partial charge is 0.239 e. The molecule has 132 valence electrons. The summed E-state index contributed by atoms with van der Waals surface area (Å²) < 4.78 is 4.37. The Balaban J connectivity index is 1.31. The Morgan fingerprint density at radius 2 is 2.04 bits per heavy atom. The molecule has 3 atom stereocenters. The maximum absolute atomic E-state index is 12.9. The van der Waals surface area contributed by atoms with Crippen LogP contribution >= 0.6 is 11.5 Å². The van der Waals surface area contributed by atoms with Crippen molar-refractivity contribution in [2.75, 3.05) is 31.1 Å². The van der Waals surface area contributed by atoms with Gasteiger partial charge in [-0.3, -0.25) is 4.79 Å². The van der Waals surface area contributed by atoms with Crippen LogP contribution in [0.25, 0.3) is 0 Å². The van der Waals surface area contributed by atoms with E-state index in [1.807, 2.05) is 4.90 Å². The first kappa shape index (κ1) is 16.3. The molecule has 0 spiro atoms. The summed E-state index contributed by atoms with van der Waals surface area (Å²) >= 11 is 1.48. The van der Waals surface area contributed by atoms with Gasteiger partial charge in [0.15, 0.2) is 0 Å². The Labute approximate surface area is 147 Å². The van der Waals surface area contributed by atoms with Crippen molar-refractivity contribution >= 4 is 22.6 Å². The Bertz CT molecular complexity index is 569. The molecule has 3 unspecified atom stereocenters. The van der Waals surface area contributed by atoms with Gasteiger partial charge in [0.2, 0.25) is 11.0 Å². The van der Waals surface area contributed by atoms with E-state index in [1.165, 1.54) is 37.2 Å². The molecule has 7 heteroatoms. The molecule has 6 nitrogen and oxygen atoms in total. The zero-order valence-electron chi connectivity index (χ0n) is 14.4. The summed E-state index contributed by atoms with van der Waals surface area (Å²) in [5.74, 6) is 1.96. The van der Waals surface area contributed by atoms with E-state index in [0.717, 1.165) is 55.9 Å². The molecular weight excluding hydrogens is 322 g/mol. The number of anilines is 1. The fourth-order valence-corrected chi connectivity index (χ4v) is 5.17. The van der Waals surface area contributed by atoms with Crippen LogP contribution in [-0.4, -0.2) is 58.4 Å². The lowest BCUT2D eigenvalue weighted by Gasteiger charge is -2.35. The molecule has 1 saturated carbocycles. The van der Waals surface area contributed by atoms with E-state index in [4.69, 9.17) is 0 Å². The number of amides is 1. The number of hydrogen-bond donors (Lipinski definition) is 1. The molecule has 3 aliphatic rings. The second kappa shape index (κ2) is 6.96. The molecule has 1 aliphatic carbocycles. The van der Waals surface area contributed by atoms with Gasteiger partial charge in [0.05, 0.1) is 6.04 Å². The van der Waals surface area contributed by atoms with Crippen molar-refractivity contribution in [3.8, 4) is 0 Å². The first-order chi connectivity index (χ1) is 11.7. The average Bonchev–Trinajstić information content (AvgIpc) is 3.28. The Morgan fingerprint density at radius 3 is 2.75 bits per heavy atom. The molecule has 0 aromatic carbocycles. The SMILES string of the molecule is CCc1nsc(N2CCN(C(=O)C3CC4CCCCC4N3)CC2)n1. The second-order valence-corrected chi connectivity index (χ2v) is 8.00. The summed E-state index contributed by atoms with van der Waals surface area (Å²) in [6.45, 7) is 5.41. The van der Waals surface area contributed by atoms with E-state index in [-0.39, 0.29) is 6.04 Å². The average molecular weight is 350 g/mol. The van der Waals surface area contributed by atoms with Crippen LogP contribution in [-0.2, 0) is 11.2 Å². The van der Waals surface area contributed by atoms with Gasteiger partial charge < -0.3 is 15.1 Å². The number of hydrogen-bond acceptors (Lipinski definition) is 6. The summed E-state index contributed by atoms with van der Waals surface area (Å²) in [5, 5.41) is 4.62. The minimum Gasteiger partial charge on any atom is -0.343 e. The lowest BCUT2D eigenvalue weighted by atomic mass is 9.85. The highest BCUT2D eigenvalue weighted by Crippen LogP contribution is 2.33. The van der Waals surface area contributed by atoms with Crippen molar-refractivity contribution in [1.82, 2.24) is 19.6 Å². The third-order valence-corrected chi connectivity index (χ3v) is 6.61. The van der Waals surface area contributed by atoms with Crippen molar-refractivity contribution in [2.45, 2.75) is 57.5 Å². The van der Waals surface area contributed by atoms with Gasteiger partial charge in [-0.25, -0.2) is 4.98 Å². The van der Waals surface area contributed by atoms with E-state index in [0.29, 0.717) is 11.9 Å². The van der Waals surface area contributed by atoms with Crippen molar-refractivity contribution in [2.24, 2.45) is 5.92 Å². The topological polar surface area (TPSA) is 61.4 Å². The van der Waals surface area contributed by atoms with Crippen LogP contribution < -0.4 is 10.2 Å². The fraction of sp³-hybridized carbons (Fsp3) is 0.824. The molecule has 3 heterocycles. The van der Waals surface area contributed by atoms with Crippen LogP contribution in [0.15, 0.2) is 0 Å². The number of piperazine rings is 1. The Kier molecular flexibility index (Phi) is 4.72. The predicted octanol–water partition coefficient (Wildman–Crippen LogP) is 1.67. The minimum atomic E-state index is 0.0536. The maximum Gasteiger partial charge on any atom is 0.239 e. The summed E-state index contributed by atoms with van der Waals surface area (Å²) in [6.07, 6.45) is 7.12. The van der Waals surface area contributed by atoms with Crippen LogP contribution in [0.4, 0.5) is 5.13 Å². The van der Waals surface area contributed by atoms with E-state index in [2.05, 4.69) is 26.5 Å². The minimum absolute atomic E-state index is 0.0536. The highest BCUT2D eigenvalue weighted by atomic mass is 32.1. The van der Waals surface area contributed by atoms with Crippen LogP contribution in [0.5, 0.6) is 0 Å². The van der Waals surface area contributed by atoms with Gasteiger partial charge in [-0.15, -0.1) is 0 Å². The quantitative estimate of drug-likeness (QED) is 0.899.